The van der Waals surface area contributed by atoms with E-state index in [4.69, 9.17) is 5.11 Å². The molecule has 178 valence electrons. The van der Waals surface area contributed by atoms with Crippen LogP contribution in [0, 0.1) is 5.82 Å². The first-order chi connectivity index (χ1) is 16.0. The lowest BCUT2D eigenvalue weighted by Gasteiger charge is -2.25. The lowest BCUT2D eigenvalue weighted by molar-refractivity contribution is -0.139. The van der Waals surface area contributed by atoms with Gasteiger partial charge in [-0.25, -0.2) is 9.18 Å². The molecule has 0 fully saturated rings. The Kier molecular flexibility index (Phi) is 7.98. The number of nitrogens with zero attached hydrogens (tertiary/aromatic N) is 1. The van der Waals surface area contributed by atoms with Gasteiger partial charge in [0, 0.05) is 18.5 Å². The van der Waals surface area contributed by atoms with E-state index < -0.39 is 34.7 Å². The normalized spacial score (nSPS) is 12.3. The van der Waals surface area contributed by atoms with Crippen molar-refractivity contribution in [3.63, 3.8) is 0 Å². The quantitative estimate of drug-likeness (QED) is 0.315. The van der Waals surface area contributed by atoms with Gasteiger partial charge in [0.1, 0.15) is 5.82 Å². The molecule has 0 aliphatic heterocycles. The third-order valence-corrected chi connectivity index (χ3v) is 6.26. The fourth-order valence-electron chi connectivity index (χ4n) is 3.40. The number of alkyl halides is 3. The number of benzene rings is 3. The number of hydrogen-bond acceptors (Lipinski definition) is 3. The fourth-order valence-corrected chi connectivity index (χ4v) is 4.62. The first kappa shape index (κ1) is 25.3. The molecule has 9 heteroatoms. The molecule has 3 rings (SSSR count). The molecule has 3 aromatic rings. The van der Waals surface area contributed by atoms with Crippen molar-refractivity contribution < 1.29 is 32.3 Å². The summed E-state index contributed by atoms with van der Waals surface area (Å²) >= 11 is 1.10. The van der Waals surface area contributed by atoms with Crippen LogP contribution in [0.25, 0.3) is 0 Å². The van der Waals surface area contributed by atoms with Crippen LogP contribution in [0.1, 0.15) is 27.0 Å². The minimum absolute atomic E-state index is 0.0360. The average molecular weight is 492 g/mol. The first-order valence-electron chi connectivity index (χ1n) is 10.2. The minimum Gasteiger partial charge on any atom is -0.478 e. The second-order valence-electron chi connectivity index (χ2n) is 7.62. The maximum absolute atomic E-state index is 13.7. The van der Waals surface area contributed by atoms with Gasteiger partial charge in [-0.05, 0) is 53.9 Å². The van der Waals surface area contributed by atoms with E-state index in [1.165, 1.54) is 60.5 Å². The Labute approximate surface area is 198 Å². The van der Waals surface area contributed by atoms with E-state index in [-0.39, 0.29) is 24.1 Å². The largest absolute Gasteiger partial charge is 0.478 e. The van der Waals surface area contributed by atoms with Crippen LogP contribution in [-0.4, -0.2) is 34.2 Å². The highest BCUT2D eigenvalue weighted by atomic mass is 32.2. The summed E-state index contributed by atoms with van der Waals surface area (Å²) in [5.41, 5.74) is -0.0963. The average Bonchev–Trinajstić information content (AvgIpc) is 2.78. The van der Waals surface area contributed by atoms with Crippen molar-refractivity contribution in [2.45, 2.75) is 29.3 Å². The van der Waals surface area contributed by atoms with Gasteiger partial charge >= 0.3 is 12.1 Å². The van der Waals surface area contributed by atoms with E-state index in [0.29, 0.717) is 10.5 Å². The Bertz CT molecular complexity index is 1170. The molecule has 0 heterocycles. The van der Waals surface area contributed by atoms with Gasteiger partial charge < -0.3 is 10.0 Å². The zero-order valence-electron chi connectivity index (χ0n) is 18.1. The molecule has 0 spiro atoms. The second-order valence-corrected chi connectivity index (χ2v) is 8.90. The molecule has 1 unspecified atom stereocenters. The lowest BCUT2D eigenvalue weighted by atomic mass is 10.0. The maximum atomic E-state index is 13.7. The molecule has 0 saturated carbocycles. The Morgan fingerprint density at radius 2 is 1.68 bits per heavy atom. The summed E-state index contributed by atoms with van der Waals surface area (Å²) in [6.07, 6.45) is -4.38. The van der Waals surface area contributed by atoms with E-state index in [9.17, 15) is 27.2 Å². The van der Waals surface area contributed by atoms with Crippen molar-refractivity contribution in [2.24, 2.45) is 0 Å². The van der Waals surface area contributed by atoms with Crippen LogP contribution in [0.3, 0.4) is 0 Å². The number of carbonyl (C=O) groups excluding carboxylic acids is 1. The molecule has 0 saturated heterocycles. The van der Waals surface area contributed by atoms with Crippen LogP contribution < -0.4 is 0 Å². The number of thioether (sulfide) groups is 1. The predicted molar refractivity (Wildman–Crippen MR) is 121 cm³/mol. The van der Waals surface area contributed by atoms with Gasteiger partial charge in [0.15, 0.2) is 0 Å². The number of hydrogen-bond donors (Lipinski definition) is 1. The molecule has 3 aromatic carbocycles. The highest BCUT2D eigenvalue weighted by molar-refractivity contribution is 8.00. The van der Waals surface area contributed by atoms with E-state index in [2.05, 4.69) is 0 Å². The van der Waals surface area contributed by atoms with Gasteiger partial charge in [-0.15, -0.1) is 11.8 Å². The Balaban J connectivity index is 1.85. The summed E-state index contributed by atoms with van der Waals surface area (Å²) in [5.74, 6) is -2.00. The third kappa shape index (κ3) is 6.60. The third-order valence-electron chi connectivity index (χ3n) is 5.08. The summed E-state index contributed by atoms with van der Waals surface area (Å²) in [6.45, 7) is -0.257. The number of aromatic carboxylic acids is 1. The molecular weight excluding hydrogens is 470 g/mol. The molecule has 34 heavy (non-hydrogen) atoms. The van der Waals surface area contributed by atoms with Gasteiger partial charge in [-0.1, -0.05) is 36.4 Å². The molecule has 4 nitrogen and oxygen atoms in total. The second kappa shape index (κ2) is 10.7. The van der Waals surface area contributed by atoms with E-state index in [1.807, 2.05) is 0 Å². The van der Waals surface area contributed by atoms with Crippen LogP contribution in [0.2, 0.25) is 0 Å². The summed E-state index contributed by atoms with van der Waals surface area (Å²) in [7, 11) is 1.42. The number of rotatable bonds is 8. The molecule has 1 amide bonds. The molecule has 0 aromatic heterocycles. The van der Waals surface area contributed by atoms with E-state index in [0.717, 1.165) is 17.8 Å². The molecule has 0 radical (unpaired) electrons. The van der Waals surface area contributed by atoms with Gasteiger partial charge in [-0.2, -0.15) is 13.2 Å². The molecular formula is C25H21F4NO3S. The van der Waals surface area contributed by atoms with Crippen molar-refractivity contribution in [3.8, 4) is 0 Å². The SMILES string of the molecule is CN(Cc1ccccc1C(F)(F)F)C(=O)C(Cc1ccc(C(=O)O)cc1)Sc1cccc(F)c1. The van der Waals surface area contributed by atoms with Crippen LogP contribution in [0.4, 0.5) is 17.6 Å². The predicted octanol–water partition coefficient (Wildman–Crippen LogP) is 5.90. The number of carboxylic acid groups (broad SMARTS) is 1. The zero-order chi connectivity index (χ0) is 24.9. The monoisotopic (exact) mass is 491 g/mol. The highest BCUT2D eigenvalue weighted by Crippen LogP contribution is 2.33. The summed E-state index contributed by atoms with van der Waals surface area (Å²) in [6, 6.07) is 16.7. The summed E-state index contributed by atoms with van der Waals surface area (Å²) < 4.78 is 53.8. The van der Waals surface area contributed by atoms with Gasteiger partial charge in [0.2, 0.25) is 5.91 Å². The van der Waals surface area contributed by atoms with Crippen LogP contribution in [-0.2, 0) is 23.9 Å². The smallest absolute Gasteiger partial charge is 0.416 e. The highest BCUT2D eigenvalue weighted by Gasteiger charge is 2.34. The van der Waals surface area contributed by atoms with Crippen molar-refractivity contribution in [1.82, 2.24) is 4.90 Å². The fraction of sp³-hybridized carbons (Fsp3) is 0.200. The van der Waals surface area contributed by atoms with Crippen LogP contribution in [0.15, 0.2) is 77.7 Å². The zero-order valence-corrected chi connectivity index (χ0v) is 18.9. The van der Waals surface area contributed by atoms with Gasteiger partial charge in [0.05, 0.1) is 16.4 Å². The van der Waals surface area contributed by atoms with Gasteiger partial charge in [0.25, 0.3) is 0 Å². The molecule has 1 atom stereocenters. The topological polar surface area (TPSA) is 57.6 Å². The summed E-state index contributed by atoms with van der Waals surface area (Å²) in [4.78, 5) is 26.1. The molecule has 0 bridgehead atoms. The Morgan fingerprint density at radius 3 is 2.29 bits per heavy atom. The Hall–Kier alpha value is -3.33. The number of carbonyl (C=O) groups is 2. The number of halogens is 4. The van der Waals surface area contributed by atoms with Crippen molar-refractivity contribution in [1.29, 1.82) is 0 Å². The van der Waals surface area contributed by atoms with Crippen LogP contribution in [0.5, 0.6) is 0 Å². The lowest BCUT2D eigenvalue weighted by Crippen LogP contribution is -2.36. The number of amides is 1. The maximum Gasteiger partial charge on any atom is 0.416 e. The number of carboxylic acids is 1. The van der Waals surface area contributed by atoms with E-state index in [1.54, 1.807) is 18.2 Å². The van der Waals surface area contributed by atoms with Crippen molar-refractivity contribution in [3.05, 3.63) is 101 Å². The molecule has 0 aliphatic rings. The van der Waals surface area contributed by atoms with Crippen LogP contribution >= 0.6 is 11.8 Å². The molecule has 0 aliphatic carbocycles. The first-order valence-corrected chi connectivity index (χ1v) is 11.1. The van der Waals surface area contributed by atoms with Gasteiger partial charge in [-0.3, -0.25) is 4.79 Å². The Morgan fingerprint density at radius 1 is 1.00 bits per heavy atom. The van der Waals surface area contributed by atoms with Crippen molar-refractivity contribution >= 4 is 23.6 Å². The molecule has 1 N–H and O–H groups in total. The standard InChI is InChI=1S/C25H21F4NO3S/c1-30(15-18-5-2-3-8-21(18)25(27,28)29)23(31)22(34-20-7-4-6-19(26)14-20)13-16-9-11-17(12-10-16)24(32)33/h2-12,14,22H,13,15H2,1H3,(H,32,33). The minimum atomic E-state index is -4.55. The summed E-state index contributed by atoms with van der Waals surface area (Å²) in [5, 5.41) is 8.30. The van der Waals surface area contributed by atoms with Crippen molar-refractivity contribution in [2.75, 3.05) is 7.05 Å². The van der Waals surface area contributed by atoms with E-state index >= 15 is 0 Å².